The zero-order chi connectivity index (χ0) is 22.8. The molecule has 9 nitrogen and oxygen atoms in total. The van der Waals surface area contributed by atoms with Crippen LogP contribution in [0.15, 0.2) is 66.6 Å². The molecule has 0 radical (unpaired) electrons. The third-order valence-electron chi connectivity index (χ3n) is 5.12. The minimum Gasteiger partial charge on any atom is -0.491 e. The fraction of sp³-hybridized carbons (Fsp3) is 0.238. The molecule has 1 saturated heterocycles. The Labute approximate surface area is 204 Å². The number of ether oxygens (including phenoxy) is 3. The van der Waals surface area contributed by atoms with E-state index in [9.17, 15) is 0 Å². The standard InChI is InChI=1S/C21H18Cl2N6O3S/c22-14-1-6-18(19(23)7-14)21(10-28-12-24-11-26-28)31-9-17(32-21)8-30-16-4-2-15(3-5-16)29-13-25-27-20(29)33/h1-7,11-13,17H,8-10H2,(H,27,33). The second kappa shape index (κ2) is 9.32. The number of benzene rings is 2. The van der Waals surface area contributed by atoms with Crippen LogP contribution in [0.4, 0.5) is 0 Å². The van der Waals surface area contributed by atoms with E-state index in [1.807, 2.05) is 24.3 Å². The molecule has 1 aliphatic rings. The summed E-state index contributed by atoms with van der Waals surface area (Å²) in [6.07, 6.45) is 4.31. The highest BCUT2D eigenvalue weighted by molar-refractivity contribution is 7.80. The van der Waals surface area contributed by atoms with Crippen LogP contribution in [-0.2, 0) is 21.8 Å². The zero-order valence-corrected chi connectivity index (χ0v) is 19.5. The monoisotopic (exact) mass is 504 g/mol. The first-order valence-electron chi connectivity index (χ1n) is 9.94. The predicted molar refractivity (Wildman–Crippen MR) is 123 cm³/mol. The first-order chi connectivity index (χ1) is 16.0. The van der Waals surface area contributed by atoms with Gasteiger partial charge in [0.1, 0.15) is 44.0 Å². The van der Waals surface area contributed by atoms with Crippen LogP contribution in [-0.4, -0.2) is 48.8 Å². The molecule has 2 aromatic carbocycles. The third kappa shape index (κ3) is 4.71. The number of rotatable bonds is 7. The molecule has 0 spiro atoms. The van der Waals surface area contributed by atoms with E-state index in [1.54, 1.807) is 40.1 Å². The minimum absolute atomic E-state index is 0.268. The quantitative estimate of drug-likeness (QED) is 0.382. The molecule has 0 N–H and O–H groups in total. The maximum Gasteiger partial charge on any atom is 0.217 e. The van der Waals surface area contributed by atoms with E-state index in [0.717, 1.165) is 5.69 Å². The number of halogens is 2. The van der Waals surface area contributed by atoms with E-state index in [1.165, 1.54) is 6.33 Å². The van der Waals surface area contributed by atoms with Crippen molar-refractivity contribution in [3.8, 4) is 11.4 Å². The van der Waals surface area contributed by atoms with Crippen LogP contribution >= 0.6 is 35.8 Å². The number of hydrogen-bond donors (Lipinski definition) is 1. The molecule has 2 atom stereocenters. The lowest BCUT2D eigenvalue weighted by molar-refractivity contribution is -0.190. The smallest absolute Gasteiger partial charge is 0.217 e. The normalized spacial score (nSPS) is 20.3. The highest BCUT2D eigenvalue weighted by atomic mass is 35.5. The van der Waals surface area contributed by atoms with Gasteiger partial charge in [-0.15, -0.1) is 22.8 Å². The number of nitrogens with zero attached hydrogens (tertiary/aromatic N) is 6. The summed E-state index contributed by atoms with van der Waals surface area (Å²) in [4.78, 5) is 4.00. The molecule has 1 aliphatic heterocycles. The van der Waals surface area contributed by atoms with Gasteiger partial charge >= 0.3 is 0 Å². The summed E-state index contributed by atoms with van der Waals surface area (Å²) in [7, 11) is 0. The molecule has 4 aromatic rings. The number of hydrogen-bond acceptors (Lipinski definition) is 8. The average molecular weight is 505 g/mol. The Kier molecular flexibility index (Phi) is 6.26. The van der Waals surface area contributed by atoms with Gasteiger partial charge in [-0.05, 0) is 36.4 Å². The molecular formula is C21H18Cl2N6O3S. The van der Waals surface area contributed by atoms with Gasteiger partial charge in [0.25, 0.3) is 0 Å². The van der Waals surface area contributed by atoms with Crippen molar-refractivity contribution in [2.75, 3.05) is 13.2 Å². The van der Waals surface area contributed by atoms with E-state index < -0.39 is 5.79 Å². The summed E-state index contributed by atoms with van der Waals surface area (Å²) in [5.74, 6) is -0.459. The lowest BCUT2D eigenvalue weighted by Crippen LogP contribution is -2.35. The third-order valence-corrected chi connectivity index (χ3v) is 5.97. The van der Waals surface area contributed by atoms with Gasteiger partial charge in [-0.2, -0.15) is 5.10 Å². The van der Waals surface area contributed by atoms with Crippen molar-refractivity contribution in [1.29, 1.82) is 0 Å². The van der Waals surface area contributed by atoms with Crippen molar-refractivity contribution in [1.82, 2.24) is 29.5 Å². The molecular weight excluding hydrogens is 487 g/mol. The maximum atomic E-state index is 6.49. The molecule has 2 aromatic heterocycles. The molecule has 170 valence electrons. The first-order valence-corrected chi connectivity index (χ1v) is 11.1. The summed E-state index contributed by atoms with van der Waals surface area (Å²) in [6.45, 7) is 0.869. The molecule has 0 saturated carbocycles. The molecule has 0 bridgehead atoms. The van der Waals surface area contributed by atoms with Crippen LogP contribution in [0.5, 0.6) is 5.75 Å². The fourth-order valence-electron chi connectivity index (χ4n) is 3.59. The van der Waals surface area contributed by atoms with Gasteiger partial charge in [-0.25, -0.2) is 9.67 Å². The Bertz CT molecular complexity index is 1240. The van der Waals surface area contributed by atoms with Crippen LogP contribution in [0.3, 0.4) is 0 Å². The summed E-state index contributed by atoms with van der Waals surface area (Å²) < 4.78 is 21.9. The van der Waals surface area contributed by atoms with Crippen LogP contribution in [0, 0.1) is 0 Å². The molecule has 0 amide bonds. The fourth-order valence-corrected chi connectivity index (χ4v) is 4.36. The van der Waals surface area contributed by atoms with Crippen molar-refractivity contribution in [2.24, 2.45) is 0 Å². The Morgan fingerprint density at radius 1 is 1.15 bits per heavy atom. The topological polar surface area (TPSA) is 89.1 Å². The Balaban J connectivity index is 1.30. The van der Waals surface area contributed by atoms with Crippen LogP contribution < -0.4 is 4.74 Å². The SMILES string of the molecule is Sc1nncn1-c1ccc(OCC2COC(Cn3cncn3)(c3ccc(Cl)cc3Cl)O2)cc1. The van der Waals surface area contributed by atoms with E-state index >= 15 is 0 Å². The van der Waals surface area contributed by atoms with Gasteiger partial charge in [-0.1, -0.05) is 29.3 Å². The van der Waals surface area contributed by atoms with Crippen molar-refractivity contribution in [2.45, 2.75) is 23.6 Å². The van der Waals surface area contributed by atoms with Gasteiger partial charge in [0.05, 0.1) is 11.6 Å². The highest BCUT2D eigenvalue weighted by Crippen LogP contribution is 2.40. The Morgan fingerprint density at radius 3 is 2.70 bits per heavy atom. The number of thiol groups is 1. The van der Waals surface area contributed by atoms with Crippen LogP contribution in [0.1, 0.15) is 5.56 Å². The van der Waals surface area contributed by atoms with Crippen molar-refractivity contribution < 1.29 is 14.2 Å². The number of aromatic nitrogens is 6. The summed E-state index contributed by atoms with van der Waals surface area (Å²) in [5.41, 5.74) is 1.54. The van der Waals surface area contributed by atoms with Gasteiger partial charge < -0.3 is 14.2 Å². The second-order valence-electron chi connectivity index (χ2n) is 7.33. The van der Waals surface area contributed by atoms with Crippen molar-refractivity contribution >= 4 is 35.8 Å². The predicted octanol–water partition coefficient (Wildman–Crippen LogP) is 3.80. The molecule has 33 heavy (non-hydrogen) atoms. The van der Waals surface area contributed by atoms with E-state index in [2.05, 4.69) is 32.9 Å². The molecule has 0 aliphatic carbocycles. The molecule has 3 heterocycles. The van der Waals surface area contributed by atoms with E-state index in [0.29, 0.717) is 33.1 Å². The van der Waals surface area contributed by atoms with Gasteiger partial charge in [0.2, 0.25) is 5.79 Å². The van der Waals surface area contributed by atoms with Gasteiger partial charge in [-0.3, -0.25) is 4.57 Å². The van der Waals surface area contributed by atoms with Crippen LogP contribution in [0.25, 0.3) is 5.69 Å². The van der Waals surface area contributed by atoms with Crippen molar-refractivity contribution in [3.63, 3.8) is 0 Å². The summed E-state index contributed by atoms with van der Waals surface area (Å²) in [6, 6.07) is 12.7. The van der Waals surface area contributed by atoms with Gasteiger partial charge in [0, 0.05) is 16.3 Å². The lowest BCUT2D eigenvalue weighted by atomic mass is 10.1. The Morgan fingerprint density at radius 2 is 2.00 bits per heavy atom. The Hall–Kier alpha value is -2.63. The largest absolute Gasteiger partial charge is 0.491 e. The molecule has 5 rings (SSSR count). The first kappa shape index (κ1) is 22.2. The zero-order valence-electron chi connectivity index (χ0n) is 17.1. The van der Waals surface area contributed by atoms with Gasteiger partial charge in [0.15, 0.2) is 5.16 Å². The second-order valence-corrected chi connectivity index (χ2v) is 8.57. The van der Waals surface area contributed by atoms with Crippen molar-refractivity contribution in [3.05, 3.63) is 77.1 Å². The van der Waals surface area contributed by atoms with E-state index in [4.69, 9.17) is 37.4 Å². The van der Waals surface area contributed by atoms with Crippen LogP contribution in [0.2, 0.25) is 10.0 Å². The highest BCUT2D eigenvalue weighted by Gasteiger charge is 2.45. The van der Waals surface area contributed by atoms with E-state index in [-0.39, 0.29) is 19.3 Å². The molecule has 2 unspecified atom stereocenters. The molecule has 12 heteroatoms. The summed E-state index contributed by atoms with van der Waals surface area (Å²) in [5, 5.41) is 13.4. The average Bonchev–Trinajstić information content (AvgIpc) is 3.55. The minimum atomic E-state index is -1.15. The molecule has 1 fully saturated rings. The summed E-state index contributed by atoms with van der Waals surface area (Å²) >= 11 is 16.9. The lowest BCUT2D eigenvalue weighted by Gasteiger charge is -2.29. The maximum absolute atomic E-state index is 6.49.